The number of hydrogen-bond acceptors (Lipinski definition) is 3. The number of benzene rings is 2. The highest BCUT2D eigenvalue weighted by molar-refractivity contribution is 7.17. The Labute approximate surface area is 184 Å². The third kappa shape index (κ3) is 4.05. The molecule has 4 aromatic rings. The molecule has 0 aliphatic carbocycles. The van der Waals surface area contributed by atoms with Gasteiger partial charge in [-0.05, 0) is 58.6 Å². The van der Waals surface area contributed by atoms with Crippen LogP contribution in [0.25, 0.3) is 21.0 Å². The first-order valence-corrected chi connectivity index (χ1v) is 11.3. The maximum atomic E-state index is 11.6. The maximum absolute atomic E-state index is 11.6. The summed E-state index contributed by atoms with van der Waals surface area (Å²) in [5.41, 5.74) is 4.03. The van der Waals surface area contributed by atoms with Gasteiger partial charge in [0.05, 0.1) is 18.5 Å². The van der Waals surface area contributed by atoms with Crippen molar-refractivity contribution in [2.24, 2.45) is 7.05 Å². The summed E-state index contributed by atoms with van der Waals surface area (Å²) in [6.07, 6.45) is 2.73. The van der Waals surface area contributed by atoms with Crippen molar-refractivity contribution < 1.29 is 14.6 Å². The van der Waals surface area contributed by atoms with Crippen molar-refractivity contribution in [1.29, 1.82) is 0 Å². The van der Waals surface area contributed by atoms with Crippen LogP contribution in [-0.2, 0) is 24.7 Å². The number of ether oxygens (including phenoxy) is 1. The van der Waals surface area contributed by atoms with E-state index in [0.717, 1.165) is 51.7 Å². The van der Waals surface area contributed by atoms with Gasteiger partial charge < -0.3 is 14.4 Å². The minimum absolute atomic E-state index is 0.00840. The van der Waals surface area contributed by atoms with E-state index in [-0.39, 0.29) is 6.42 Å². The number of aliphatic carboxylic acids is 1. The highest BCUT2D eigenvalue weighted by atomic mass is 35.5. The molecule has 0 amide bonds. The van der Waals surface area contributed by atoms with E-state index in [1.165, 1.54) is 4.70 Å². The highest BCUT2D eigenvalue weighted by Crippen LogP contribution is 2.34. The van der Waals surface area contributed by atoms with Gasteiger partial charge >= 0.3 is 5.97 Å². The zero-order chi connectivity index (χ0) is 21.3. The summed E-state index contributed by atoms with van der Waals surface area (Å²) in [4.78, 5) is 11.6. The van der Waals surface area contributed by atoms with Crippen LogP contribution >= 0.6 is 22.9 Å². The Kier molecular flexibility index (Phi) is 6.02. The first kappa shape index (κ1) is 20.8. The van der Waals surface area contributed by atoms with Crippen molar-refractivity contribution in [2.75, 3.05) is 6.61 Å². The smallest absolute Gasteiger partial charge is 0.307 e. The number of aryl methyl sites for hydroxylation is 1. The van der Waals surface area contributed by atoms with Crippen LogP contribution in [0.5, 0.6) is 5.75 Å². The van der Waals surface area contributed by atoms with Crippen LogP contribution in [0.1, 0.15) is 36.6 Å². The zero-order valence-corrected chi connectivity index (χ0v) is 18.6. The number of rotatable bonds is 8. The van der Waals surface area contributed by atoms with E-state index in [9.17, 15) is 9.90 Å². The second-order valence-electron chi connectivity index (χ2n) is 7.51. The average molecular weight is 442 g/mol. The molecule has 156 valence electrons. The molecule has 0 unspecified atom stereocenters. The Morgan fingerprint density at radius 1 is 1.20 bits per heavy atom. The molecular weight excluding hydrogens is 418 g/mol. The second kappa shape index (κ2) is 8.70. The van der Waals surface area contributed by atoms with Gasteiger partial charge in [0.25, 0.3) is 0 Å². The summed E-state index contributed by atoms with van der Waals surface area (Å²) < 4.78 is 9.16. The van der Waals surface area contributed by atoms with Crippen molar-refractivity contribution in [2.45, 2.75) is 32.6 Å². The Morgan fingerprint density at radius 3 is 2.80 bits per heavy atom. The summed E-state index contributed by atoms with van der Waals surface area (Å²) in [6, 6.07) is 11.9. The minimum Gasteiger partial charge on any atom is -0.494 e. The molecule has 2 aromatic heterocycles. The van der Waals surface area contributed by atoms with Crippen LogP contribution in [0.4, 0.5) is 0 Å². The van der Waals surface area contributed by atoms with Crippen LogP contribution in [0.3, 0.4) is 0 Å². The van der Waals surface area contributed by atoms with Gasteiger partial charge in [-0.3, -0.25) is 4.79 Å². The monoisotopic (exact) mass is 441 g/mol. The van der Waals surface area contributed by atoms with Gasteiger partial charge in [0.2, 0.25) is 0 Å². The van der Waals surface area contributed by atoms with Gasteiger partial charge in [0.15, 0.2) is 0 Å². The summed E-state index contributed by atoms with van der Waals surface area (Å²) in [7, 11) is 2.00. The predicted octanol–water partition coefficient (Wildman–Crippen LogP) is 6.44. The van der Waals surface area contributed by atoms with E-state index < -0.39 is 5.97 Å². The number of thiophene rings is 1. The molecule has 30 heavy (non-hydrogen) atoms. The summed E-state index contributed by atoms with van der Waals surface area (Å²) in [5, 5.41) is 14.5. The van der Waals surface area contributed by atoms with Crippen molar-refractivity contribution >= 4 is 49.9 Å². The number of fused-ring (bicyclic) bond motifs is 2. The van der Waals surface area contributed by atoms with E-state index in [2.05, 4.69) is 16.9 Å². The number of carboxylic acid groups (broad SMARTS) is 1. The Balaban J connectivity index is 1.79. The lowest BCUT2D eigenvalue weighted by Gasteiger charge is -2.08. The fraction of sp³-hybridized carbons (Fsp3) is 0.292. The molecule has 0 bridgehead atoms. The topological polar surface area (TPSA) is 51.5 Å². The summed E-state index contributed by atoms with van der Waals surface area (Å²) in [6.45, 7) is 2.82. The molecule has 0 aliphatic heterocycles. The molecule has 0 atom stereocenters. The van der Waals surface area contributed by atoms with Gasteiger partial charge in [-0.2, -0.15) is 0 Å². The van der Waals surface area contributed by atoms with Crippen LogP contribution in [-0.4, -0.2) is 22.2 Å². The van der Waals surface area contributed by atoms with Gasteiger partial charge in [-0.25, -0.2) is 0 Å². The molecule has 4 rings (SSSR count). The molecule has 1 N–H and O–H groups in total. The molecule has 0 radical (unpaired) electrons. The zero-order valence-electron chi connectivity index (χ0n) is 17.1. The van der Waals surface area contributed by atoms with Crippen LogP contribution in [0.15, 0.2) is 41.8 Å². The quantitative estimate of drug-likeness (QED) is 0.320. The minimum atomic E-state index is -0.828. The largest absolute Gasteiger partial charge is 0.494 e. The third-order valence-electron chi connectivity index (χ3n) is 5.48. The lowest BCUT2D eigenvalue weighted by molar-refractivity contribution is -0.136. The molecule has 0 aliphatic rings. The lowest BCUT2D eigenvalue weighted by Crippen LogP contribution is -2.05. The van der Waals surface area contributed by atoms with E-state index in [4.69, 9.17) is 16.3 Å². The molecule has 0 fully saturated rings. The Hall–Kier alpha value is -2.50. The van der Waals surface area contributed by atoms with E-state index in [1.807, 2.05) is 43.4 Å². The number of hydrogen-bond donors (Lipinski definition) is 1. The summed E-state index contributed by atoms with van der Waals surface area (Å²) >= 11 is 7.91. The Morgan fingerprint density at radius 2 is 2.03 bits per heavy atom. The fourth-order valence-corrected chi connectivity index (χ4v) is 5.03. The first-order valence-electron chi connectivity index (χ1n) is 10.1. The maximum Gasteiger partial charge on any atom is 0.307 e. The van der Waals surface area contributed by atoms with Crippen LogP contribution in [0.2, 0.25) is 5.02 Å². The normalized spacial score (nSPS) is 11.4. The molecular formula is C24H24ClNO3S. The van der Waals surface area contributed by atoms with Crippen molar-refractivity contribution in [3.8, 4) is 5.75 Å². The van der Waals surface area contributed by atoms with Crippen molar-refractivity contribution in [3.05, 3.63) is 63.6 Å². The number of carbonyl (C=O) groups is 1. The SMILES string of the molecule is CCCCOc1ccc2c(CC(=O)O)c(Cc3csc4ccc(Cl)cc34)n(C)c2c1. The predicted molar refractivity (Wildman–Crippen MR) is 124 cm³/mol. The number of halogens is 1. The number of aromatic nitrogens is 1. The molecule has 0 spiro atoms. The van der Waals surface area contributed by atoms with Crippen LogP contribution < -0.4 is 4.74 Å². The molecule has 2 heterocycles. The van der Waals surface area contributed by atoms with E-state index in [1.54, 1.807) is 11.3 Å². The number of nitrogens with zero attached hydrogens (tertiary/aromatic N) is 1. The molecule has 2 aromatic carbocycles. The summed E-state index contributed by atoms with van der Waals surface area (Å²) in [5.74, 6) is -0.0111. The average Bonchev–Trinajstić information content (AvgIpc) is 3.22. The van der Waals surface area contributed by atoms with Crippen LogP contribution in [0, 0.1) is 0 Å². The van der Waals surface area contributed by atoms with E-state index >= 15 is 0 Å². The van der Waals surface area contributed by atoms with E-state index in [0.29, 0.717) is 18.1 Å². The molecule has 0 saturated heterocycles. The van der Waals surface area contributed by atoms with Crippen molar-refractivity contribution in [1.82, 2.24) is 4.57 Å². The fourth-order valence-electron chi connectivity index (χ4n) is 3.92. The van der Waals surface area contributed by atoms with Crippen molar-refractivity contribution in [3.63, 3.8) is 0 Å². The van der Waals surface area contributed by atoms with Gasteiger partial charge in [0, 0.05) is 40.3 Å². The molecule has 0 saturated carbocycles. The molecule has 6 heteroatoms. The third-order valence-corrected chi connectivity index (χ3v) is 6.72. The standard InChI is InChI=1S/C24H24ClNO3S/c1-3-4-9-29-17-6-7-18-20(13-24(27)28)21(26(2)22(18)12-17)10-15-14-30-23-8-5-16(25)11-19(15)23/h5-8,11-12,14H,3-4,9-10,13H2,1-2H3,(H,27,28). The van der Waals surface area contributed by atoms with Gasteiger partial charge in [-0.1, -0.05) is 24.9 Å². The number of carboxylic acids is 1. The molecule has 4 nitrogen and oxygen atoms in total. The number of unbranched alkanes of at least 4 members (excludes halogenated alkanes) is 1. The Bertz CT molecular complexity index is 1220. The van der Waals surface area contributed by atoms with Gasteiger partial charge in [-0.15, -0.1) is 11.3 Å². The highest BCUT2D eigenvalue weighted by Gasteiger charge is 2.19. The first-order chi connectivity index (χ1) is 14.5. The second-order valence-corrected chi connectivity index (χ2v) is 8.86. The van der Waals surface area contributed by atoms with Gasteiger partial charge in [0.1, 0.15) is 5.75 Å². The lowest BCUT2D eigenvalue weighted by atomic mass is 10.0.